The molecule has 0 atom stereocenters. The molecule has 0 heterocycles. The zero-order chi connectivity index (χ0) is 15.3. The number of urea groups is 1. The molecule has 0 saturated heterocycles. The molecule has 0 spiro atoms. The third kappa shape index (κ3) is 4.08. The van der Waals surface area contributed by atoms with Crippen LogP contribution in [0.2, 0.25) is 0 Å². The molecule has 0 aliphatic carbocycles. The third-order valence-electron chi connectivity index (χ3n) is 2.45. The Bertz CT molecular complexity index is 508. The molecule has 6 nitrogen and oxygen atoms in total. The number of amides is 2. The Morgan fingerprint density at radius 2 is 2.10 bits per heavy atom. The number of alkyl halides is 2. The Hall–Kier alpha value is -2.38. The monoisotopic (exact) mass is 288 g/mol. The number of rotatable bonds is 5. The molecule has 0 saturated carbocycles. The number of hydrogen-bond acceptors (Lipinski definition) is 3. The Morgan fingerprint density at radius 1 is 1.45 bits per heavy atom. The van der Waals surface area contributed by atoms with Gasteiger partial charge < -0.3 is 20.1 Å². The van der Waals surface area contributed by atoms with Crippen molar-refractivity contribution in [3.63, 3.8) is 0 Å². The SMILES string of the molecule is COc1ccc(C(=O)O)cc1NC(=O)N(C)CC(F)F. The van der Waals surface area contributed by atoms with E-state index < -0.39 is 25.0 Å². The normalized spacial score (nSPS) is 10.2. The highest BCUT2D eigenvalue weighted by atomic mass is 19.3. The molecule has 2 N–H and O–H groups in total. The lowest BCUT2D eigenvalue weighted by molar-refractivity contribution is 0.0697. The molecule has 0 aliphatic heterocycles. The van der Waals surface area contributed by atoms with Crippen LogP contribution in [0.15, 0.2) is 18.2 Å². The first-order valence-electron chi connectivity index (χ1n) is 5.56. The van der Waals surface area contributed by atoms with Gasteiger partial charge in [-0.05, 0) is 18.2 Å². The maximum atomic E-state index is 12.2. The summed E-state index contributed by atoms with van der Waals surface area (Å²) in [4.78, 5) is 23.3. The third-order valence-corrected chi connectivity index (χ3v) is 2.45. The van der Waals surface area contributed by atoms with Crippen LogP contribution in [0.4, 0.5) is 19.3 Å². The summed E-state index contributed by atoms with van der Waals surface area (Å²) >= 11 is 0. The summed E-state index contributed by atoms with van der Waals surface area (Å²) in [6.07, 6.45) is -2.65. The fraction of sp³-hybridized carbons (Fsp3) is 0.333. The predicted octanol–water partition coefficient (Wildman–Crippen LogP) is 2.12. The van der Waals surface area contributed by atoms with Crippen molar-refractivity contribution in [2.24, 2.45) is 0 Å². The van der Waals surface area contributed by atoms with E-state index in [1.54, 1.807) is 0 Å². The van der Waals surface area contributed by atoms with Gasteiger partial charge in [0.05, 0.1) is 24.9 Å². The van der Waals surface area contributed by atoms with Gasteiger partial charge in [0.25, 0.3) is 6.43 Å². The van der Waals surface area contributed by atoms with Crippen LogP contribution in [0.3, 0.4) is 0 Å². The fourth-order valence-electron chi connectivity index (χ4n) is 1.44. The number of carbonyl (C=O) groups excluding carboxylic acids is 1. The van der Waals surface area contributed by atoms with Crippen LogP contribution in [-0.4, -0.2) is 49.1 Å². The van der Waals surface area contributed by atoms with Crippen LogP contribution < -0.4 is 10.1 Å². The predicted molar refractivity (Wildman–Crippen MR) is 67.6 cm³/mol. The molecule has 110 valence electrons. The van der Waals surface area contributed by atoms with E-state index in [4.69, 9.17) is 9.84 Å². The molecule has 1 aromatic carbocycles. The van der Waals surface area contributed by atoms with E-state index >= 15 is 0 Å². The number of benzene rings is 1. The van der Waals surface area contributed by atoms with E-state index in [0.717, 1.165) is 4.90 Å². The first kappa shape index (κ1) is 15.7. The number of nitrogens with zero attached hydrogens (tertiary/aromatic N) is 1. The summed E-state index contributed by atoms with van der Waals surface area (Å²) in [5.41, 5.74) is 0.0381. The summed E-state index contributed by atoms with van der Waals surface area (Å²) in [5, 5.41) is 11.2. The second-order valence-electron chi connectivity index (χ2n) is 3.92. The number of carboxylic acid groups (broad SMARTS) is 1. The van der Waals surface area contributed by atoms with E-state index in [2.05, 4.69) is 5.32 Å². The number of hydrogen-bond donors (Lipinski definition) is 2. The lowest BCUT2D eigenvalue weighted by atomic mass is 10.2. The van der Waals surface area contributed by atoms with Gasteiger partial charge in [-0.25, -0.2) is 18.4 Å². The molecule has 0 aromatic heterocycles. The van der Waals surface area contributed by atoms with Crippen LogP contribution in [0.25, 0.3) is 0 Å². The second kappa shape index (κ2) is 6.69. The summed E-state index contributed by atoms with van der Waals surface area (Å²) in [7, 11) is 2.54. The van der Waals surface area contributed by atoms with Gasteiger partial charge in [0.1, 0.15) is 5.75 Å². The van der Waals surface area contributed by atoms with Gasteiger partial charge in [-0.3, -0.25) is 0 Å². The van der Waals surface area contributed by atoms with Gasteiger partial charge in [-0.15, -0.1) is 0 Å². The number of ether oxygens (including phenoxy) is 1. The topological polar surface area (TPSA) is 78.9 Å². The number of halogens is 2. The summed E-state index contributed by atoms with van der Waals surface area (Å²) in [6.45, 7) is -0.729. The lowest BCUT2D eigenvalue weighted by Gasteiger charge is -2.18. The molecular weight excluding hydrogens is 274 g/mol. The Labute approximate surface area is 113 Å². The maximum absolute atomic E-state index is 12.2. The molecule has 0 fully saturated rings. The van der Waals surface area contributed by atoms with Crippen molar-refractivity contribution in [1.29, 1.82) is 0 Å². The maximum Gasteiger partial charge on any atom is 0.335 e. The minimum atomic E-state index is -2.65. The van der Waals surface area contributed by atoms with Gasteiger partial charge in [-0.2, -0.15) is 0 Å². The van der Waals surface area contributed by atoms with Gasteiger partial charge in [-0.1, -0.05) is 0 Å². The lowest BCUT2D eigenvalue weighted by Crippen LogP contribution is -2.35. The molecule has 1 rings (SSSR count). The van der Waals surface area contributed by atoms with Crippen molar-refractivity contribution >= 4 is 17.7 Å². The average molecular weight is 288 g/mol. The summed E-state index contributed by atoms with van der Waals surface area (Å²) in [6, 6.07) is 3.08. The van der Waals surface area contributed by atoms with Gasteiger partial charge in [0.2, 0.25) is 0 Å². The number of methoxy groups -OCH3 is 1. The standard InChI is InChI=1S/C12H14F2N2O4/c1-16(6-10(13)14)12(19)15-8-5-7(11(17)18)3-4-9(8)20-2/h3-5,10H,6H2,1-2H3,(H,15,19)(H,17,18). The molecule has 20 heavy (non-hydrogen) atoms. The molecule has 0 aliphatic rings. The Balaban J connectivity index is 2.92. The highest BCUT2D eigenvalue weighted by Crippen LogP contribution is 2.25. The van der Waals surface area contributed by atoms with Gasteiger partial charge in [0.15, 0.2) is 0 Å². The molecule has 1 aromatic rings. The smallest absolute Gasteiger partial charge is 0.335 e. The summed E-state index contributed by atoms with van der Waals surface area (Å²) < 4.78 is 29.3. The van der Waals surface area contributed by atoms with Crippen molar-refractivity contribution in [3.05, 3.63) is 23.8 Å². The molecule has 0 radical (unpaired) electrons. The highest BCUT2D eigenvalue weighted by molar-refractivity contribution is 5.94. The minimum absolute atomic E-state index is 0.0578. The quantitative estimate of drug-likeness (QED) is 0.870. The molecule has 8 heteroatoms. The minimum Gasteiger partial charge on any atom is -0.495 e. The molecular formula is C12H14F2N2O4. The van der Waals surface area contributed by atoms with Crippen molar-refractivity contribution in [1.82, 2.24) is 4.90 Å². The van der Waals surface area contributed by atoms with E-state index in [9.17, 15) is 18.4 Å². The zero-order valence-corrected chi connectivity index (χ0v) is 10.9. The van der Waals surface area contributed by atoms with Gasteiger partial charge >= 0.3 is 12.0 Å². The molecule has 0 unspecified atom stereocenters. The van der Waals surface area contributed by atoms with Crippen molar-refractivity contribution in [3.8, 4) is 5.75 Å². The Kier molecular flexibility index (Phi) is 5.24. The molecule has 2 amide bonds. The van der Waals surface area contributed by atoms with Crippen LogP contribution in [0.1, 0.15) is 10.4 Å². The van der Waals surface area contributed by atoms with Crippen LogP contribution in [-0.2, 0) is 0 Å². The number of nitrogens with one attached hydrogen (secondary N) is 1. The highest BCUT2D eigenvalue weighted by Gasteiger charge is 2.16. The first-order chi connectivity index (χ1) is 9.35. The van der Waals surface area contributed by atoms with E-state index in [1.165, 1.54) is 32.4 Å². The number of carbonyl (C=O) groups is 2. The van der Waals surface area contributed by atoms with E-state index in [1.807, 2.05) is 0 Å². The largest absolute Gasteiger partial charge is 0.495 e. The van der Waals surface area contributed by atoms with E-state index in [-0.39, 0.29) is 17.0 Å². The van der Waals surface area contributed by atoms with Crippen molar-refractivity contribution < 1.29 is 28.2 Å². The number of anilines is 1. The van der Waals surface area contributed by atoms with Crippen LogP contribution in [0, 0.1) is 0 Å². The van der Waals surface area contributed by atoms with Crippen molar-refractivity contribution in [2.75, 3.05) is 26.0 Å². The van der Waals surface area contributed by atoms with Crippen molar-refractivity contribution in [2.45, 2.75) is 6.43 Å². The number of carboxylic acids is 1. The first-order valence-corrected chi connectivity index (χ1v) is 5.56. The van der Waals surface area contributed by atoms with E-state index in [0.29, 0.717) is 0 Å². The summed E-state index contributed by atoms with van der Waals surface area (Å²) in [5.74, 6) is -0.946. The fourth-order valence-corrected chi connectivity index (χ4v) is 1.44. The van der Waals surface area contributed by atoms with Gasteiger partial charge in [0, 0.05) is 7.05 Å². The zero-order valence-electron chi connectivity index (χ0n) is 10.9. The van der Waals surface area contributed by atoms with Crippen LogP contribution >= 0.6 is 0 Å². The Morgan fingerprint density at radius 3 is 2.60 bits per heavy atom. The molecule has 0 bridgehead atoms. The second-order valence-corrected chi connectivity index (χ2v) is 3.92. The average Bonchev–Trinajstić information content (AvgIpc) is 2.37. The van der Waals surface area contributed by atoms with Crippen LogP contribution in [0.5, 0.6) is 5.75 Å². The number of aromatic carboxylic acids is 1.